The Balaban J connectivity index is 0.00000432. The first-order chi connectivity index (χ1) is 23.6. The van der Waals surface area contributed by atoms with Crippen LogP contribution in [0.4, 0.5) is 0 Å². The molecule has 0 radical (unpaired) electrons. The minimum Gasteiger partial charge on any atom is -0.509 e. The summed E-state index contributed by atoms with van der Waals surface area (Å²) in [5, 5.41) is 7.07. The van der Waals surface area contributed by atoms with E-state index in [1.54, 1.807) is 0 Å². The van der Waals surface area contributed by atoms with Gasteiger partial charge < -0.3 is 9.30 Å². The summed E-state index contributed by atoms with van der Waals surface area (Å²) < 4.78 is 10.5. The number of aromatic nitrogens is 4. The number of hydrogen-bond donors (Lipinski definition) is 0. The van der Waals surface area contributed by atoms with Gasteiger partial charge in [-0.15, -0.1) is 35.7 Å². The number of benzene rings is 4. The number of aryl methyl sites for hydroxylation is 1. The van der Waals surface area contributed by atoms with Gasteiger partial charge in [0.1, 0.15) is 5.82 Å². The predicted octanol–water partition coefficient (Wildman–Crippen LogP) is 11.3. The minimum absolute atomic E-state index is 0. The summed E-state index contributed by atoms with van der Waals surface area (Å²) in [6.07, 6.45) is 8.07. The van der Waals surface area contributed by atoms with Crippen LogP contribution < -0.4 is 4.74 Å². The zero-order valence-electron chi connectivity index (χ0n) is 29.9. The van der Waals surface area contributed by atoms with E-state index in [4.69, 9.17) is 14.8 Å². The Morgan fingerprint density at radius 3 is 2.20 bits per heavy atom. The molecule has 50 heavy (non-hydrogen) atoms. The monoisotopic (exact) mass is 839 g/mol. The average Bonchev–Trinajstić information content (AvgIpc) is 3.67. The summed E-state index contributed by atoms with van der Waals surface area (Å²) in [4.78, 5) is 4.78. The van der Waals surface area contributed by atoms with Gasteiger partial charge in [-0.05, 0) is 89.0 Å². The molecule has 3 aromatic heterocycles. The molecule has 0 saturated carbocycles. The van der Waals surface area contributed by atoms with Gasteiger partial charge in [-0.25, -0.2) is 4.98 Å². The number of pyridine rings is 1. The fraction of sp³-hybridized carbons (Fsp3) is 0.273. The average molecular weight is 840 g/mol. The van der Waals surface area contributed by atoms with Crippen molar-refractivity contribution in [3.05, 3.63) is 132 Å². The van der Waals surface area contributed by atoms with Gasteiger partial charge in [0.2, 0.25) is 0 Å². The van der Waals surface area contributed by atoms with E-state index in [1.165, 1.54) is 27.8 Å². The molecule has 0 unspecified atom stereocenters. The van der Waals surface area contributed by atoms with Crippen molar-refractivity contribution in [2.45, 2.75) is 67.2 Å². The van der Waals surface area contributed by atoms with Crippen LogP contribution in [0.3, 0.4) is 0 Å². The van der Waals surface area contributed by atoms with E-state index >= 15 is 0 Å². The molecule has 4 aromatic carbocycles. The molecule has 7 rings (SSSR count). The summed E-state index contributed by atoms with van der Waals surface area (Å²) in [6.45, 7) is 15.8. The van der Waals surface area contributed by atoms with E-state index in [0.29, 0.717) is 29.3 Å². The topological polar surface area (TPSA) is 44.9 Å². The molecule has 0 N–H and O–H groups in total. The molecule has 256 valence electrons. The Labute approximate surface area is 310 Å². The number of rotatable bonds is 10. The van der Waals surface area contributed by atoms with E-state index in [2.05, 4.69) is 126 Å². The van der Waals surface area contributed by atoms with E-state index in [9.17, 15) is 0 Å². The van der Waals surface area contributed by atoms with Crippen molar-refractivity contribution < 1.29 is 25.8 Å². The third kappa shape index (κ3) is 7.21. The van der Waals surface area contributed by atoms with Gasteiger partial charge in [0.05, 0.1) is 6.20 Å². The summed E-state index contributed by atoms with van der Waals surface area (Å²) >= 11 is 0. The molecule has 0 bridgehead atoms. The van der Waals surface area contributed by atoms with Crippen LogP contribution in [0.25, 0.3) is 44.4 Å². The molecular formula is C44H44N4OPt. The molecule has 0 atom stereocenters. The Kier molecular flexibility index (Phi) is 10.5. The molecular weight excluding hydrogens is 796 g/mol. The van der Waals surface area contributed by atoms with Crippen molar-refractivity contribution >= 4 is 21.8 Å². The normalized spacial score (nSPS) is 11.6. The molecule has 7 aromatic rings. The van der Waals surface area contributed by atoms with Crippen molar-refractivity contribution in [3.63, 3.8) is 0 Å². The van der Waals surface area contributed by atoms with E-state index < -0.39 is 0 Å². The molecule has 0 aliphatic heterocycles. The third-order valence-electron chi connectivity index (χ3n) is 9.02. The van der Waals surface area contributed by atoms with Gasteiger partial charge in [0.15, 0.2) is 0 Å². The first-order valence-corrected chi connectivity index (χ1v) is 17.4. The van der Waals surface area contributed by atoms with Gasteiger partial charge >= 0.3 is 21.1 Å². The van der Waals surface area contributed by atoms with Crippen LogP contribution in [0.15, 0.2) is 97.5 Å². The molecule has 0 aliphatic carbocycles. The summed E-state index contributed by atoms with van der Waals surface area (Å²) in [5.41, 5.74) is 10.6. The Hall–Kier alpha value is -4.47. The first kappa shape index (κ1) is 35.4. The molecule has 0 amide bonds. The SMILES string of the molecule is Cc1cc(CC(C)C)c(-c2cnn(-c3[c-]c(Oc4[c-]c5c(cc4)c4ccccc4n5-c4cc(C(C)C)ccn4)ccc3)c2)c(CC(C)C)c1.[Pt+2]. The molecule has 3 heterocycles. The Bertz CT molecular complexity index is 2240. The standard InChI is InChI=1S/C44H44N4O.Pt/c1-28(2)19-33-21-31(7)22-34(20-29(3)4)44(33)35-26-46-47(27-35)36-11-10-12-37(24-36)49-38-15-16-40-39-13-8-9-14-41(39)48(42(40)25-38)43-23-32(30(5)6)17-18-45-43;/h8-18,21-23,26-30H,19-20H2,1-7H3;/q-2;+2. The largest absolute Gasteiger partial charge is 2.00 e. The van der Waals surface area contributed by atoms with Gasteiger partial charge in [-0.3, -0.25) is 4.68 Å². The maximum absolute atomic E-state index is 6.44. The number of fused-ring (bicyclic) bond motifs is 3. The van der Waals surface area contributed by atoms with Crippen molar-refractivity contribution in [2.75, 3.05) is 0 Å². The van der Waals surface area contributed by atoms with Crippen LogP contribution in [-0.2, 0) is 33.9 Å². The zero-order valence-corrected chi connectivity index (χ0v) is 32.2. The summed E-state index contributed by atoms with van der Waals surface area (Å²) in [7, 11) is 0. The van der Waals surface area contributed by atoms with Crippen molar-refractivity contribution in [1.82, 2.24) is 19.3 Å². The van der Waals surface area contributed by atoms with Gasteiger partial charge in [0, 0.05) is 35.0 Å². The van der Waals surface area contributed by atoms with Crippen LogP contribution in [0.5, 0.6) is 11.5 Å². The summed E-state index contributed by atoms with van der Waals surface area (Å²) in [6, 6.07) is 34.4. The van der Waals surface area contributed by atoms with Crippen molar-refractivity contribution in [3.8, 4) is 34.1 Å². The minimum atomic E-state index is 0. The van der Waals surface area contributed by atoms with Crippen LogP contribution in [0.1, 0.15) is 69.7 Å². The van der Waals surface area contributed by atoms with Crippen LogP contribution in [0, 0.1) is 30.9 Å². The van der Waals surface area contributed by atoms with Gasteiger partial charge in [-0.2, -0.15) is 17.2 Å². The second-order valence-electron chi connectivity index (χ2n) is 14.4. The smallest absolute Gasteiger partial charge is 0.509 e. The fourth-order valence-corrected chi connectivity index (χ4v) is 6.93. The van der Waals surface area contributed by atoms with E-state index in [-0.39, 0.29) is 21.1 Å². The Morgan fingerprint density at radius 2 is 1.48 bits per heavy atom. The number of para-hydroxylation sites is 1. The maximum atomic E-state index is 6.44. The predicted molar refractivity (Wildman–Crippen MR) is 201 cm³/mol. The quantitative estimate of drug-likeness (QED) is 0.129. The molecule has 0 aliphatic rings. The molecule has 0 saturated heterocycles. The number of nitrogens with zero attached hydrogens (tertiary/aromatic N) is 4. The number of hydrogen-bond acceptors (Lipinski definition) is 3. The van der Waals surface area contributed by atoms with Crippen LogP contribution >= 0.6 is 0 Å². The van der Waals surface area contributed by atoms with Gasteiger partial charge in [-0.1, -0.05) is 83.0 Å². The van der Waals surface area contributed by atoms with Crippen molar-refractivity contribution in [1.29, 1.82) is 0 Å². The number of ether oxygens (including phenoxy) is 1. The summed E-state index contributed by atoms with van der Waals surface area (Å²) in [5.74, 6) is 3.60. The fourth-order valence-electron chi connectivity index (χ4n) is 6.93. The molecule has 0 spiro atoms. The zero-order chi connectivity index (χ0) is 34.2. The van der Waals surface area contributed by atoms with Gasteiger partial charge in [0.25, 0.3) is 0 Å². The molecule has 0 fully saturated rings. The van der Waals surface area contributed by atoms with Crippen LogP contribution in [0.2, 0.25) is 0 Å². The second kappa shape index (κ2) is 14.8. The van der Waals surface area contributed by atoms with E-state index in [1.807, 2.05) is 41.3 Å². The third-order valence-corrected chi connectivity index (χ3v) is 9.02. The van der Waals surface area contributed by atoms with E-state index in [0.717, 1.165) is 51.7 Å². The van der Waals surface area contributed by atoms with Crippen LogP contribution in [-0.4, -0.2) is 19.3 Å². The first-order valence-electron chi connectivity index (χ1n) is 17.4. The Morgan fingerprint density at radius 1 is 0.760 bits per heavy atom. The second-order valence-corrected chi connectivity index (χ2v) is 14.4. The molecule has 6 heteroatoms. The maximum Gasteiger partial charge on any atom is 2.00 e. The molecule has 5 nitrogen and oxygen atoms in total. The van der Waals surface area contributed by atoms with Crippen molar-refractivity contribution in [2.24, 2.45) is 11.8 Å².